The Balaban J connectivity index is 1.99. The van der Waals surface area contributed by atoms with Crippen molar-refractivity contribution in [1.82, 2.24) is 0 Å². The number of hydrogen-bond donors (Lipinski definition) is 0. The highest BCUT2D eigenvalue weighted by atomic mass is 35.5. The zero-order valence-electron chi connectivity index (χ0n) is 32.7. The maximum atomic E-state index is 12.8. The third-order valence-corrected chi connectivity index (χ3v) is 9.40. The Morgan fingerprint density at radius 3 is 1.17 bits per heavy atom. The van der Waals surface area contributed by atoms with Gasteiger partial charge in [-0.2, -0.15) is 0 Å². The second-order valence-corrected chi connectivity index (χ2v) is 15.4. The lowest BCUT2D eigenvalue weighted by atomic mass is 9.71. The first-order valence-electron chi connectivity index (χ1n) is 17.5. The van der Waals surface area contributed by atoms with Crippen LogP contribution in [0.1, 0.15) is 82.1 Å². The number of halogens is 2. The minimum absolute atomic E-state index is 0.244. The van der Waals surface area contributed by atoms with E-state index in [1.807, 2.05) is 140 Å². The van der Waals surface area contributed by atoms with Gasteiger partial charge in [-0.15, -0.1) is 0 Å². The molecular formula is C44H50Cl2O8. The van der Waals surface area contributed by atoms with Gasteiger partial charge in [-0.1, -0.05) is 135 Å². The molecule has 0 aromatic carbocycles. The second kappa shape index (κ2) is 20.1. The Bertz CT molecular complexity index is 1760. The standard InChI is InChI=1S/C44H50Cl2O8/c1-27(17-13-19-29(3)21-23-33-31(5)37(47)35(25-43(33,7)8)53-41(51)39(45)49)15-11-12-16-28(2)18-14-20-30(4)22-24-34-32(6)38(48)36(26-44(34,9)10)54-42(52)40(46)50/h11-24,35-36H,25-26H2,1-10H3/b12-11+,17-13+,18-14+,23-21+,24-22+,27-15+,28-16+,29-19+,30-20+. The van der Waals surface area contributed by atoms with Crippen LogP contribution in [-0.4, -0.2) is 46.2 Å². The number of ether oxygens (including phenoxy) is 2. The van der Waals surface area contributed by atoms with E-state index in [-0.39, 0.29) is 24.4 Å². The van der Waals surface area contributed by atoms with Crippen molar-refractivity contribution in [2.75, 3.05) is 0 Å². The van der Waals surface area contributed by atoms with E-state index < -0.39 is 45.5 Å². The minimum atomic E-state index is -1.25. The van der Waals surface area contributed by atoms with Crippen molar-refractivity contribution in [1.29, 1.82) is 0 Å². The molecule has 2 aliphatic carbocycles. The molecule has 2 aliphatic rings. The first-order valence-corrected chi connectivity index (χ1v) is 18.2. The number of rotatable bonds is 14. The second-order valence-electron chi connectivity index (χ2n) is 14.7. The molecule has 0 fully saturated rings. The summed E-state index contributed by atoms with van der Waals surface area (Å²) in [4.78, 5) is 71.1. The molecule has 54 heavy (non-hydrogen) atoms. The number of esters is 2. The maximum Gasteiger partial charge on any atom is 0.392 e. The third-order valence-electron chi connectivity index (χ3n) is 9.09. The Labute approximate surface area is 329 Å². The first kappa shape index (κ1) is 45.5. The number of hydrogen-bond acceptors (Lipinski definition) is 8. The van der Waals surface area contributed by atoms with Crippen LogP contribution in [0.5, 0.6) is 0 Å². The fraction of sp³-hybridized carbons (Fsp3) is 0.364. The van der Waals surface area contributed by atoms with Crippen molar-refractivity contribution in [2.24, 2.45) is 10.8 Å². The number of carbonyl (C=O) groups excluding carboxylic acids is 6. The summed E-state index contributed by atoms with van der Waals surface area (Å²) in [5.41, 5.74) is 5.76. The van der Waals surface area contributed by atoms with Crippen LogP contribution in [0.15, 0.2) is 130 Å². The lowest BCUT2D eigenvalue weighted by Crippen LogP contribution is -2.39. The van der Waals surface area contributed by atoms with Gasteiger partial charge >= 0.3 is 22.4 Å². The average Bonchev–Trinajstić information content (AvgIpc) is 3.07. The third kappa shape index (κ3) is 13.6. The number of Topliss-reactive ketones (excluding diaryl/α,β-unsaturated/α-hetero) is 2. The van der Waals surface area contributed by atoms with Crippen LogP contribution in [0.4, 0.5) is 0 Å². The van der Waals surface area contributed by atoms with Gasteiger partial charge in [0.15, 0.2) is 23.8 Å². The number of carbonyl (C=O) groups is 6. The maximum absolute atomic E-state index is 12.8. The van der Waals surface area contributed by atoms with E-state index in [0.717, 1.165) is 33.4 Å². The summed E-state index contributed by atoms with van der Waals surface area (Å²) < 4.78 is 10.1. The molecule has 0 aromatic rings. The molecule has 0 heterocycles. The van der Waals surface area contributed by atoms with E-state index in [9.17, 15) is 28.8 Å². The van der Waals surface area contributed by atoms with Crippen LogP contribution in [0.25, 0.3) is 0 Å². The SMILES string of the molecule is CC1=C(/C=C/C(C)=C/C=C/C(C)=C/C=C/C=C(C)/C=C/C=C(C)/C=C/C2=C(C)C(=O)C(OC(=O)C(=O)Cl)CC2(C)C)C(C)(C)CC(OC(=O)C(=O)Cl)C1=O. The van der Waals surface area contributed by atoms with Gasteiger partial charge in [0.25, 0.3) is 0 Å². The topological polar surface area (TPSA) is 121 Å². The zero-order chi connectivity index (χ0) is 41.0. The minimum Gasteiger partial charge on any atom is -0.447 e. The van der Waals surface area contributed by atoms with Crippen LogP contribution >= 0.6 is 23.2 Å². The summed E-state index contributed by atoms with van der Waals surface area (Å²) in [5.74, 6) is -3.13. The lowest BCUT2D eigenvalue weighted by molar-refractivity contribution is -0.159. The van der Waals surface area contributed by atoms with E-state index >= 15 is 0 Å². The van der Waals surface area contributed by atoms with Crippen LogP contribution in [-0.2, 0) is 38.2 Å². The number of ketones is 2. The predicted octanol–water partition coefficient (Wildman–Crippen LogP) is 9.54. The highest BCUT2D eigenvalue weighted by Crippen LogP contribution is 2.42. The Morgan fingerprint density at radius 2 is 0.852 bits per heavy atom. The zero-order valence-corrected chi connectivity index (χ0v) is 34.2. The quantitative estimate of drug-likeness (QED) is 0.0741. The molecule has 0 saturated carbocycles. The number of allylic oxidation sites excluding steroid dienone is 20. The van der Waals surface area contributed by atoms with Gasteiger partial charge in [0.2, 0.25) is 0 Å². The van der Waals surface area contributed by atoms with E-state index in [4.69, 9.17) is 32.7 Å². The molecule has 10 heteroatoms. The van der Waals surface area contributed by atoms with E-state index in [1.54, 1.807) is 13.8 Å². The molecule has 0 saturated heterocycles. The fourth-order valence-corrected chi connectivity index (χ4v) is 6.20. The van der Waals surface area contributed by atoms with Gasteiger partial charge in [-0.3, -0.25) is 19.2 Å². The summed E-state index contributed by atoms with van der Waals surface area (Å²) in [7, 11) is 0. The van der Waals surface area contributed by atoms with Crippen molar-refractivity contribution >= 4 is 57.2 Å². The first-order chi connectivity index (χ1) is 25.1. The summed E-state index contributed by atoms with van der Waals surface area (Å²) in [6.45, 7) is 19.1. The summed E-state index contributed by atoms with van der Waals surface area (Å²) >= 11 is 10.4. The molecule has 0 spiro atoms. The highest BCUT2D eigenvalue weighted by Gasteiger charge is 2.41. The van der Waals surface area contributed by atoms with Gasteiger partial charge in [0.05, 0.1) is 0 Å². The molecule has 8 nitrogen and oxygen atoms in total. The summed E-state index contributed by atoms with van der Waals surface area (Å²) in [5, 5.41) is -2.51. The predicted molar refractivity (Wildman–Crippen MR) is 214 cm³/mol. The molecule has 0 bridgehead atoms. The van der Waals surface area contributed by atoms with Crippen LogP contribution in [0.2, 0.25) is 0 Å². The molecule has 2 rings (SSSR count). The van der Waals surface area contributed by atoms with Gasteiger partial charge in [-0.25, -0.2) is 9.59 Å². The Morgan fingerprint density at radius 1 is 0.556 bits per heavy atom. The smallest absolute Gasteiger partial charge is 0.392 e. The molecular weight excluding hydrogens is 727 g/mol. The molecule has 2 unspecified atom stereocenters. The molecule has 0 amide bonds. The average molecular weight is 778 g/mol. The molecule has 0 N–H and O–H groups in total. The normalized spacial score (nSPS) is 21.8. The fourth-order valence-electron chi connectivity index (χ4n) is 6.11. The van der Waals surface area contributed by atoms with Crippen molar-refractivity contribution in [2.45, 2.75) is 94.3 Å². The van der Waals surface area contributed by atoms with Crippen molar-refractivity contribution < 1.29 is 38.2 Å². The van der Waals surface area contributed by atoms with Crippen LogP contribution < -0.4 is 0 Å². The van der Waals surface area contributed by atoms with E-state index in [2.05, 4.69) is 0 Å². The summed E-state index contributed by atoms with van der Waals surface area (Å²) in [6.07, 6.45) is 25.8. The largest absolute Gasteiger partial charge is 0.447 e. The van der Waals surface area contributed by atoms with Gasteiger partial charge in [0, 0.05) is 12.8 Å². The van der Waals surface area contributed by atoms with Gasteiger partial charge in [0.1, 0.15) is 0 Å². The Kier molecular flexibility index (Phi) is 17.0. The monoisotopic (exact) mass is 776 g/mol. The van der Waals surface area contributed by atoms with E-state index in [0.29, 0.717) is 11.1 Å². The van der Waals surface area contributed by atoms with Gasteiger partial charge in [-0.05, 0) is 97.9 Å². The molecule has 288 valence electrons. The molecule has 0 aromatic heterocycles. The van der Waals surface area contributed by atoms with Crippen molar-refractivity contribution in [3.63, 3.8) is 0 Å². The molecule has 2 atom stereocenters. The lowest BCUT2D eigenvalue weighted by Gasteiger charge is -2.36. The molecule has 0 aliphatic heterocycles. The van der Waals surface area contributed by atoms with E-state index in [1.165, 1.54) is 0 Å². The van der Waals surface area contributed by atoms with Crippen LogP contribution in [0, 0.1) is 10.8 Å². The Hall–Kier alpha value is -4.66. The van der Waals surface area contributed by atoms with Gasteiger partial charge < -0.3 is 9.47 Å². The summed E-state index contributed by atoms with van der Waals surface area (Å²) in [6, 6.07) is 0. The van der Waals surface area contributed by atoms with Crippen LogP contribution in [0.3, 0.4) is 0 Å². The van der Waals surface area contributed by atoms with Crippen molar-refractivity contribution in [3.05, 3.63) is 130 Å². The molecule has 0 radical (unpaired) electrons. The van der Waals surface area contributed by atoms with Crippen molar-refractivity contribution in [3.8, 4) is 0 Å². The highest BCUT2D eigenvalue weighted by molar-refractivity contribution is 6.80.